The first kappa shape index (κ1) is 13.0. The Kier molecular flexibility index (Phi) is 3.12. The Labute approximate surface area is 116 Å². The van der Waals surface area contributed by atoms with E-state index in [0.29, 0.717) is 16.7 Å². The van der Waals surface area contributed by atoms with Gasteiger partial charge in [0.1, 0.15) is 0 Å². The Morgan fingerprint density at radius 3 is 2.70 bits per heavy atom. The molecule has 3 N–H and O–H groups in total. The van der Waals surface area contributed by atoms with Gasteiger partial charge in [0, 0.05) is 11.6 Å². The molecule has 106 valence electrons. The molecule has 0 unspecified atom stereocenters. The fraction of sp³-hybridized carbons (Fsp3) is 0.467. The molecular formula is C15H19N3O2. The summed E-state index contributed by atoms with van der Waals surface area (Å²) in [5.41, 5.74) is 8.30. The van der Waals surface area contributed by atoms with E-state index in [1.807, 2.05) is 13.0 Å². The normalized spacial score (nSPS) is 16.6. The molecule has 1 fully saturated rings. The van der Waals surface area contributed by atoms with Crippen molar-refractivity contribution in [3.8, 4) is 0 Å². The summed E-state index contributed by atoms with van der Waals surface area (Å²) in [4.78, 5) is 27.4. The van der Waals surface area contributed by atoms with Crippen LogP contribution in [-0.2, 0) is 0 Å². The molecule has 0 radical (unpaired) electrons. The van der Waals surface area contributed by atoms with Gasteiger partial charge < -0.3 is 10.7 Å². The van der Waals surface area contributed by atoms with Gasteiger partial charge in [0.2, 0.25) is 5.91 Å². The highest BCUT2D eigenvalue weighted by atomic mass is 16.2. The number of carbonyl (C=O) groups excluding carboxylic acids is 1. The van der Waals surface area contributed by atoms with Crippen LogP contribution in [0, 0.1) is 12.8 Å². The highest BCUT2D eigenvalue weighted by Gasteiger charge is 2.25. The largest absolute Gasteiger partial charge is 0.398 e. The Bertz CT molecular complexity index is 721. The zero-order chi connectivity index (χ0) is 14.3. The third-order valence-electron chi connectivity index (χ3n) is 4.24. The highest BCUT2D eigenvalue weighted by molar-refractivity contribution is 5.93. The monoisotopic (exact) mass is 273 g/mol. The van der Waals surface area contributed by atoms with Crippen LogP contribution in [0.1, 0.15) is 42.5 Å². The third-order valence-corrected chi connectivity index (χ3v) is 4.24. The number of carbonyl (C=O) groups is 1. The number of benzene rings is 1. The van der Waals surface area contributed by atoms with Gasteiger partial charge in [-0.2, -0.15) is 0 Å². The second kappa shape index (κ2) is 4.81. The Morgan fingerprint density at radius 2 is 2.00 bits per heavy atom. The van der Waals surface area contributed by atoms with Crippen molar-refractivity contribution in [1.82, 2.24) is 9.55 Å². The maximum atomic E-state index is 12.6. The zero-order valence-electron chi connectivity index (χ0n) is 11.6. The van der Waals surface area contributed by atoms with Gasteiger partial charge in [-0.15, -0.1) is 0 Å². The number of aryl methyl sites for hydroxylation is 1. The molecule has 5 nitrogen and oxygen atoms in total. The minimum absolute atomic E-state index is 0.0389. The number of nitrogens with two attached hydrogens (primary N) is 1. The summed E-state index contributed by atoms with van der Waals surface area (Å²) in [5, 5.41) is 0. The number of hydrogen-bond donors (Lipinski definition) is 2. The van der Waals surface area contributed by atoms with Crippen molar-refractivity contribution in [2.75, 3.05) is 5.73 Å². The van der Waals surface area contributed by atoms with Gasteiger partial charge in [-0.1, -0.05) is 19.3 Å². The molecule has 0 spiro atoms. The van der Waals surface area contributed by atoms with E-state index in [4.69, 9.17) is 5.73 Å². The quantitative estimate of drug-likeness (QED) is 0.783. The molecule has 20 heavy (non-hydrogen) atoms. The first-order valence-corrected chi connectivity index (χ1v) is 7.13. The summed E-state index contributed by atoms with van der Waals surface area (Å²) >= 11 is 0. The van der Waals surface area contributed by atoms with Crippen molar-refractivity contribution in [3.05, 3.63) is 28.2 Å². The Hall–Kier alpha value is -2.04. The molecule has 1 aliphatic carbocycles. The average Bonchev–Trinajstić information content (AvgIpc) is 2.75. The number of H-pyrrole nitrogens is 1. The van der Waals surface area contributed by atoms with Crippen LogP contribution in [-0.4, -0.2) is 15.5 Å². The van der Waals surface area contributed by atoms with Gasteiger partial charge in [0.25, 0.3) is 0 Å². The van der Waals surface area contributed by atoms with Crippen molar-refractivity contribution < 1.29 is 4.79 Å². The molecule has 1 aromatic heterocycles. The Morgan fingerprint density at radius 1 is 1.30 bits per heavy atom. The van der Waals surface area contributed by atoms with E-state index < -0.39 is 0 Å². The molecule has 3 rings (SSSR count). The average molecular weight is 273 g/mol. The number of aromatic amines is 1. The van der Waals surface area contributed by atoms with Gasteiger partial charge in [-0.3, -0.25) is 4.79 Å². The van der Waals surface area contributed by atoms with Crippen LogP contribution in [0.3, 0.4) is 0 Å². The lowest BCUT2D eigenvalue weighted by Crippen LogP contribution is -2.31. The summed E-state index contributed by atoms with van der Waals surface area (Å²) in [5.74, 6) is -0.132. The molecule has 1 aromatic carbocycles. The second-order valence-electron chi connectivity index (χ2n) is 5.66. The molecule has 0 bridgehead atoms. The van der Waals surface area contributed by atoms with Crippen LogP contribution in [0.15, 0.2) is 16.9 Å². The molecule has 5 heteroatoms. The molecule has 1 aliphatic rings. The lowest BCUT2D eigenvalue weighted by molar-refractivity contribution is 0.0803. The molecule has 0 saturated heterocycles. The van der Waals surface area contributed by atoms with Crippen LogP contribution in [0.25, 0.3) is 11.0 Å². The van der Waals surface area contributed by atoms with Crippen molar-refractivity contribution >= 4 is 22.6 Å². The number of imidazole rings is 1. The highest BCUT2D eigenvalue weighted by Crippen LogP contribution is 2.26. The van der Waals surface area contributed by atoms with Crippen LogP contribution >= 0.6 is 0 Å². The maximum absolute atomic E-state index is 12.6. The minimum atomic E-state index is -0.361. The number of aromatic nitrogens is 2. The van der Waals surface area contributed by atoms with Gasteiger partial charge >= 0.3 is 5.69 Å². The zero-order valence-corrected chi connectivity index (χ0v) is 11.6. The standard InChI is InChI=1S/C15H19N3O2/c1-9-7-12-13(8-11(9)16)18(15(20)17-12)14(19)10-5-3-2-4-6-10/h7-8,10H,2-6,16H2,1H3,(H,17,20). The molecule has 1 heterocycles. The predicted molar refractivity (Wildman–Crippen MR) is 78.9 cm³/mol. The molecule has 1 saturated carbocycles. The van der Waals surface area contributed by atoms with Gasteiger partial charge in [0.15, 0.2) is 0 Å². The SMILES string of the molecule is Cc1cc2[nH]c(=O)n(C(=O)C3CCCCC3)c2cc1N. The van der Waals surface area contributed by atoms with Crippen LogP contribution in [0.5, 0.6) is 0 Å². The molecule has 0 aliphatic heterocycles. The summed E-state index contributed by atoms with van der Waals surface area (Å²) in [6.45, 7) is 1.88. The first-order valence-electron chi connectivity index (χ1n) is 7.13. The van der Waals surface area contributed by atoms with E-state index in [-0.39, 0.29) is 17.5 Å². The molecule has 0 amide bonds. The van der Waals surface area contributed by atoms with Crippen LogP contribution in [0.4, 0.5) is 5.69 Å². The number of hydrogen-bond acceptors (Lipinski definition) is 3. The van der Waals surface area contributed by atoms with Crippen molar-refractivity contribution in [2.24, 2.45) is 5.92 Å². The van der Waals surface area contributed by atoms with Crippen LogP contribution < -0.4 is 11.4 Å². The lowest BCUT2D eigenvalue weighted by atomic mass is 9.88. The summed E-state index contributed by atoms with van der Waals surface area (Å²) in [6, 6.07) is 3.53. The van der Waals surface area contributed by atoms with Crippen molar-refractivity contribution in [1.29, 1.82) is 0 Å². The van der Waals surface area contributed by atoms with E-state index in [9.17, 15) is 9.59 Å². The lowest BCUT2D eigenvalue weighted by Gasteiger charge is -2.20. The molecule has 0 atom stereocenters. The number of fused-ring (bicyclic) bond motifs is 1. The third kappa shape index (κ3) is 2.03. The first-order chi connectivity index (χ1) is 9.58. The minimum Gasteiger partial charge on any atom is -0.398 e. The topological polar surface area (TPSA) is 80.9 Å². The molecular weight excluding hydrogens is 254 g/mol. The Balaban J connectivity index is 2.10. The van der Waals surface area contributed by atoms with E-state index in [1.54, 1.807) is 6.07 Å². The number of nitrogens with one attached hydrogen (secondary N) is 1. The van der Waals surface area contributed by atoms with Crippen LogP contribution in [0.2, 0.25) is 0 Å². The van der Waals surface area contributed by atoms with E-state index in [0.717, 1.165) is 31.2 Å². The van der Waals surface area contributed by atoms with E-state index in [2.05, 4.69) is 4.98 Å². The fourth-order valence-corrected chi connectivity index (χ4v) is 3.03. The molecule has 2 aromatic rings. The number of nitrogen functional groups attached to an aromatic ring is 1. The predicted octanol–water partition coefficient (Wildman–Crippen LogP) is 2.44. The summed E-state index contributed by atoms with van der Waals surface area (Å²) < 4.78 is 1.26. The second-order valence-corrected chi connectivity index (χ2v) is 5.66. The van der Waals surface area contributed by atoms with Gasteiger partial charge in [-0.05, 0) is 37.5 Å². The smallest absolute Gasteiger partial charge is 0.333 e. The summed E-state index contributed by atoms with van der Waals surface area (Å²) in [6.07, 6.45) is 5.06. The number of anilines is 1. The fourth-order valence-electron chi connectivity index (χ4n) is 3.03. The van der Waals surface area contributed by atoms with Gasteiger partial charge in [0.05, 0.1) is 11.0 Å². The van der Waals surface area contributed by atoms with Crippen molar-refractivity contribution in [2.45, 2.75) is 39.0 Å². The van der Waals surface area contributed by atoms with E-state index >= 15 is 0 Å². The maximum Gasteiger partial charge on any atom is 0.333 e. The summed E-state index contributed by atoms with van der Waals surface area (Å²) in [7, 11) is 0. The van der Waals surface area contributed by atoms with Crippen molar-refractivity contribution in [3.63, 3.8) is 0 Å². The van der Waals surface area contributed by atoms with E-state index in [1.165, 1.54) is 11.0 Å². The number of nitrogens with zero attached hydrogens (tertiary/aromatic N) is 1. The van der Waals surface area contributed by atoms with Gasteiger partial charge in [-0.25, -0.2) is 9.36 Å². The number of rotatable bonds is 1.